The number of quaternary nitrogens is 1. The van der Waals surface area contributed by atoms with E-state index in [1.54, 1.807) is 12.0 Å². The predicted molar refractivity (Wildman–Crippen MR) is 108 cm³/mol. The first-order valence-corrected chi connectivity index (χ1v) is 9.16. The monoisotopic (exact) mass is 358 g/mol. The highest BCUT2D eigenvalue weighted by atomic mass is 32.1. The van der Waals surface area contributed by atoms with Gasteiger partial charge >= 0.3 is 0 Å². The number of ether oxygens (including phenoxy) is 1. The minimum absolute atomic E-state index is 0.609. The van der Waals surface area contributed by atoms with Gasteiger partial charge in [0.1, 0.15) is 12.3 Å². The molecule has 0 radical (unpaired) electrons. The van der Waals surface area contributed by atoms with Crippen LogP contribution in [0.2, 0.25) is 0 Å². The molecule has 0 amide bonds. The average molecular weight is 359 g/mol. The van der Waals surface area contributed by atoms with Crippen molar-refractivity contribution in [2.75, 3.05) is 25.5 Å². The molecule has 0 aliphatic heterocycles. The fourth-order valence-corrected chi connectivity index (χ4v) is 2.91. The van der Waals surface area contributed by atoms with Gasteiger partial charge in [-0.1, -0.05) is 30.3 Å². The molecular formula is C20H28N3OS+. The van der Waals surface area contributed by atoms with Gasteiger partial charge in [-0.2, -0.15) is 0 Å². The first-order chi connectivity index (χ1) is 12.2. The van der Waals surface area contributed by atoms with Gasteiger partial charge in [0.2, 0.25) is 0 Å². The van der Waals surface area contributed by atoms with Gasteiger partial charge in [-0.15, -0.1) is 0 Å². The van der Waals surface area contributed by atoms with Crippen molar-refractivity contribution < 1.29 is 9.64 Å². The molecule has 4 nitrogen and oxygen atoms in total. The molecule has 2 rings (SSSR count). The molecule has 2 aromatic rings. The minimum Gasteiger partial charge on any atom is -0.497 e. The van der Waals surface area contributed by atoms with Gasteiger partial charge in [0.15, 0.2) is 5.11 Å². The smallest absolute Gasteiger partial charge is 0.171 e. The van der Waals surface area contributed by atoms with E-state index < -0.39 is 0 Å². The van der Waals surface area contributed by atoms with Crippen molar-refractivity contribution in [1.29, 1.82) is 0 Å². The normalized spacial score (nSPS) is 10.6. The van der Waals surface area contributed by atoms with Crippen LogP contribution in [0, 0.1) is 0 Å². The Bertz CT molecular complexity index is 686. The summed E-state index contributed by atoms with van der Waals surface area (Å²) in [5.74, 6) is 0.806. The van der Waals surface area contributed by atoms with Crippen LogP contribution in [0.3, 0.4) is 0 Å². The molecule has 0 saturated heterocycles. The van der Waals surface area contributed by atoms with Crippen LogP contribution in [0.15, 0.2) is 48.5 Å². The minimum atomic E-state index is 0.609. The van der Waals surface area contributed by atoms with E-state index in [1.807, 2.05) is 24.3 Å². The van der Waals surface area contributed by atoms with Gasteiger partial charge < -0.3 is 20.3 Å². The molecule has 134 valence electrons. The number of hydrogen-bond acceptors (Lipinski definition) is 2. The third kappa shape index (κ3) is 6.03. The van der Waals surface area contributed by atoms with Crippen molar-refractivity contribution in [1.82, 2.24) is 5.32 Å². The summed E-state index contributed by atoms with van der Waals surface area (Å²) >= 11 is 5.42. The summed E-state index contributed by atoms with van der Waals surface area (Å²) < 4.78 is 5.23. The zero-order chi connectivity index (χ0) is 18.1. The second-order valence-corrected chi connectivity index (χ2v) is 6.35. The Morgan fingerprint density at radius 3 is 2.44 bits per heavy atom. The summed E-state index contributed by atoms with van der Waals surface area (Å²) in [7, 11) is 1.66. The SMILES string of the molecule is CC[NH+](CC)Cc1ccccc1CNC(=S)Nc1cccc(OC)c1. The Labute approximate surface area is 156 Å². The third-order valence-electron chi connectivity index (χ3n) is 4.33. The molecule has 3 N–H and O–H groups in total. The quantitative estimate of drug-likeness (QED) is 0.634. The van der Waals surface area contributed by atoms with Gasteiger partial charge in [-0.3, -0.25) is 0 Å². The average Bonchev–Trinajstić information content (AvgIpc) is 2.65. The number of rotatable bonds is 8. The zero-order valence-corrected chi connectivity index (χ0v) is 16.1. The van der Waals surface area contributed by atoms with Gasteiger partial charge in [0.25, 0.3) is 0 Å². The zero-order valence-electron chi connectivity index (χ0n) is 15.3. The Morgan fingerprint density at radius 2 is 1.76 bits per heavy atom. The fraction of sp³-hybridized carbons (Fsp3) is 0.350. The summed E-state index contributed by atoms with van der Waals surface area (Å²) in [5, 5.41) is 7.12. The molecule has 0 heterocycles. The highest BCUT2D eigenvalue weighted by Crippen LogP contribution is 2.16. The summed E-state index contributed by atoms with van der Waals surface area (Å²) in [6, 6.07) is 16.3. The molecule has 0 atom stereocenters. The van der Waals surface area contributed by atoms with Gasteiger partial charge in [-0.25, -0.2) is 0 Å². The second-order valence-electron chi connectivity index (χ2n) is 5.94. The van der Waals surface area contributed by atoms with E-state index >= 15 is 0 Å². The van der Waals surface area contributed by atoms with Crippen molar-refractivity contribution in [2.24, 2.45) is 0 Å². The van der Waals surface area contributed by atoms with Crippen LogP contribution in [0.25, 0.3) is 0 Å². The van der Waals surface area contributed by atoms with Crippen molar-refractivity contribution in [3.05, 3.63) is 59.7 Å². The fourth-order valence-electron chi connectivity index (χ4n) is 2.72. The summed E-state index contributed by atoms with van der Waals surface area (Å²) in [6.07, 6.45) is 0. The third-order valence-corrected chi connectivity index (χ3v) is 4.57. The van der Waals surface area contributed by atoms with Crippen molar-refractivity contribution in [3.8, 4) is 5.75 Å². The summed E-state index contributed by atoms with van der Waals surface area (Å²) in [4.78, 5) is 1.57. The predicted octanol–water partition coefficient (Wildman–Crippen LogP) is 2.61. The van der Waals surface area contributed by atoms with Crippen LogP contribution >= 0.6 is 12.2 Å². The lowest BCUT2D eigenvalue weighted by atomic mass is 10.1. The van der Waals surface area contributed by atoms with E-state index in [1.165, 1.54) is 11.1 Å². The van der Waals surface area contributed by atoms with Crippen LogP contribution in [0.1, 0.15) is 25.0 Å². The Kier molecular flexibility index (Phi) is 7.70. The number of hydrogen-bond donors (Lipinski definition) is 3. The van der Waals surface area contributed by atoms with E-state index in [-0.39, 0.29) is 0 Å². The first kappa shape index (κ1) is 19.2. The lowest BCUT2D eigenvalue weighted by Gasteiger charge is -2.18. The molecule has 0 bridgehead atoms. The largest absolute Gasteiger partial charge is 0.497 e. The molecule has 0 saturated carbocycles. The number of methoxy groups -OCH3 is 1. The molecule has 5 heteroatoms. The first-order valence-electron chi connectivity index (χ1n) is 8.75. The molecule has 25 heavy (non-hydrogen) atoms. The number of thiocarbonyl (C=S) groups is 1. The molecule has 0 spiro atoms. The maximum atomic E-state index is 5.42. The van der Waals surface area contributed by atoms with Crippen LogP contribution in [0.4, 0.5) is 5.69 Å². The lowest BCUT2D eigenvalue weighted by molar-refractivity contribution is -0.910. The topological polar surface area (TPSA) is 37.7 Å². The van der Waals surface area contributed by atoms with Crippen LogP contribution < -0.4 is 20.3 Å². The molecule has 0 aliphatic rings. The number of anilines is 1. The van der Waals surface area contributed by atoms with Crippen LogP contribution in [0.5, 0.6) is 5.75 Å². The Balaban J connectivity index is 1.95. The van der Waals surface area contributed by atoms with E-state index in [2.05, 4.69) is 48.7 Å². The van der Waals surface area contributed by atoms with Gasteiger partial charge in [-0.05, 0) is 43.8 Å². The highest BCUT2D eigenvalue weighted by molar-refractivity contribution is 7.80. The molecule has 0 aromatic heterocycles. The van der Waals surface area contributed by atoms with Crippen molar-refractivity contribution >= 4 is 23.0 Å². The summed E-state index contributed by atoms with van der Waals surface area (Å²) in [6.45, 7) is 8.48. The van der Waals surface area contributed by atoms with E-state index in [9.17, 15) is 0 Å². The number of benzene rings is 2. The van der Waals surface area contributed by atoms with E-state index in [4.69, 9.17) is 17.0 Å². The summed E-state index contributed by atoms with van der Waals surface area (Å²) in [5.41, 5.74) is 3.58. The Hall–Kier alpha value is -2.11. The second kappa shape index (κ2) is 10.0. The number of nitrogens with one attached hydrogen (secondary N) is 3. The van der Waals surface area contributed by atoms with E-state index in [0.717, 1.165) is 31.1 Å². The Morgan fingerprint density at radius 1 is 1.04 bits per heavy atom. The molecule has 2 aromatic carbocycles. The maximum absolute atomic E-state index is 5.42. The highest BCUT2D eigenvalue weighted by Gasteiger charge is 2.09. The van der Waals surface area contributed by atoms with Crippen molar-refractivity contribution in [3.63, 3.8) is 0 Å². The van der Waals surface area contributed by atoms with Crippen LogP contribution in [-0.4, -0.2) is 25.3 Å². The van der Waals surface area contributed by atoms with Gasteiger partial charge in [0.05, 0.1) is 20.2 Å². The lowest BCUT2D eigenvalue weighted by Crippen LogP contribution is -3.10. The van der Waals surface area contributed by atoms with Crippen LogP contribution in [-0.2, 0) is 13.1 Å². The molecule has 0 aliphatic carbocycles. The standard InChI is InChI=1S/C20H27N3OS/c1-4-23(5-2)15-17-10-7-6-9-16(17)14-21-20(25)22-18-11-8-12-19(13-18)24-3/h6-13H,4-5,14-15H2,1-3H3,(H2,21,22,25)/p+1. The van der Waals surface area contributed by atoms with E-state index in [0.29, 0.717) is 11.7 Å². The molecule has 0 unspecified atom stereocenters. The maximum Gasteiger partial charge on any atom is 0.171 e. The molecular weight excluding hydrogens is 330 g/mol. The molecule has 0 fully saturated rings. The van der Waals surface area contributed by atoms with Crippen molar-refractivity contribution in [2.45, 2.75) is 26.9 Å². The van der Waals surface area contributed by atoms with Gasteiger partial charge in [0, 0.05) is 23.9 Å².